The largest absolute Gasteiger partial charge is 0.380 e. The van der Waals surface area contributed by atoms with E-state index in [-0.39, 0.29) is 22.7 Å². The van der Waals surface area contributed by atoms with E-state index in [0.29, 0.717) is 5.92 Å². The van der Waals surface area contributed by atoms with Crippen molar-refractivity contribution in [1.82, 2.24) is 0 Å². The Hall–Kier alpha value is -1.46. The molecule has 0 radical (unpaired) electrons. The van der Waals surface area contributed by atoms with Gasteiger partial charge in [-0.1, -0.05) is 18.6 Å². The molecule has 0 aliphatic heterocycles. The highest BCUT2D eigenvalue weighted by molar-refractivity contribution is 7.84. The van der Waals surface area contributed by atoms with Gasteiger partial charge in [-0.15, -0.1) is 0 Å². The van der Waals surface area contributed by atoms with Crippen LogP contribution in [0.25, 0.3) is 5.57 Å². The van der Waals surface area contributed by atoms with E-state index in [1.165, 1.54) is 11.1 Å². The number of hydrogen-bond acceptors (Lipinski definition) is 6. The van der Waals surface area contributed by atoms with Gasteiger partial charge in [0.25, 0.3) is 0 Å². The minimum Gasteiger partial charge on any atom is -0.371 e. The number of aryl methyl sites for hydroxylation is 1. The summed E-state index contributed by atoms with van der Waals surface area (Å²) in [5.41, 5.74) is 4.66. The summed E-state index contributed by atoms with van der Waals surface area (Å²) in [4.78, 5) is 0. The topological polar surface area (TPSA) is 139 Å². The van der Waals surface area contributed by atoms with E-state index in [9.17, 15) is 16.8 Å². The molecule has 2 fully saturated rings. The first-order valence-electron chi connectivity index (χ1n) is 9.72. The molecule has 1 aromatic rings. The van der Waals surface area contributed by atoms with E-state index in [0.717, 1.165) is 49.7 Å². The van der Waals surface area contributed by atoms with Crippen molar-refractivity contribution in [1.29, 1.82) is 0 Å². The summed E-state index contributed by atoms with van der Waals surface area (Å²) in [5, 5.41) is 10.2. The Labute approximate surface area is 170 Å². The molecule has 5 rings (SSSR count). The predicted octanol–water partition coefficient (Wildman–Crippen LogP) is 1.77. The lowest BCUT2D eigenvalue weighted by atomic mass is 9.59. The van der Waals surface area contributed by atoms with Crippen molar-refractivity contribution < 1.29 is 25.2 Å². The van der Waals surface area contributed by atoms with Crippen molar-refractivity contribution in [3.05, 3.63) is 34.9 Å². The van der Waals surface area contributed by atoms with Gasteiger partial charge >= 0.3 is 20.6 Å². The molecule has 0 bridgehead atoms. The summed E-state index contributed by atoms with van der Waals surface area (Å²) in [6.45, 7) is 2.15. The molecule has 0 saturated heterocycles. The molecule has 4 aliphatic rings. The lowest BCUT2D eigenvalue weighted by molar-refractivity contribution is 0.0341. The molecule has 0 aromatic heterocycles. The first-order chi connectivity index (χ1) is 13.4. The van der Waals surface area contributed by atoms with Crippen LogP contribution < -0.4 is 14.5 Å². The van der Waals surface area contributed by atoms with Crippen molar-refractivity contribution in [2.24, 2.45) is 27.0 Å². The highest BCUT2D eigenvalue weighted by Crippen LogP contribution is 2.80. The molecule has 4 aliphatic carbocycles. The van der Waals surface area contributed by atoms with E-state index in [1.54, 1.807) is 12.1 Å². The predicted molar refractivity (Wildman–Crippen MR) is 106 cm³/mol. The lowest BCUT2D eigenvalue weighted by Crippen LogP contribution is -2.44. The third-order valence-corrected chi connectivity index (χ3v) is 8.56. The number of hydrogen-bond donors (Lipinski definition) is 2. The van der Waals surface area contributed by atoms with Gasteiger partial charge in [0, 0.05) is 10.8 Å². The van der Waals surface area contributed by atoms with Gasteiger partial charge in [-0.2, -0.15) is 22.0 Å². The van der Waals surface area contributed by atoms with Crippen LogP contribution in [0.2, 0.25) is 0 Å². The molecule has 4 atom stereocenters. The smallest absolute Gasteiger partial charge is 0.371 e. The zero-order valence-corrected chi connectivity index (χ0v) is 17.7. The average molecular weight is 441 g/mol. The van der Waals surface area contributed by atoms with Crippen LogP contribution in [0.5, 0.6) is 5.75 Å². The molecular formula is C19H24N2O6S2. The summed E-state index contributed by atoms with van der Waals surface area (Å²) in [6, 6.07) is 5.30. The number of fused-ring (bicyclic) bond motifs is 2. The Balaban J connectivity index is 1.53. The Morgan fingerprint density at radius 2 is 1.83 bits per heavy atom. The fourth-order valence-corrected chi connectivity index (χ4v) is 7.50. The van der Waals surface area contributed by atoms with Crippen molar-refractivity contribution in [2.45, 2.75) is 51.6 Å². The van der Waals surface area contributed by atoms with Crippen LogP contribution in [0.1, 0.15) is 50.2 Å². The van der Waals surface area contributed by atoms with Crippen molar-refractivity contribution in [2.75, 3.05) is 0 Å². The molecule has 0 heterocycles. The van der Waals surface area contributed by atoms with Gasteiger partial charge in [-0.25, -0.2) is 5.14 Å². The molecule has 1 aromatic carbocycles. The molecule has 0 amide bonds. The molecule has 0 unspecified atom stereocenters. The number of rotatable bonds is 4. The third-order valence-electron chi connectivity index (χ3n) is 7.64. The highest BCUT2D eigenvalue weighted by atomic mass is 32.2. The van der Waals surface area contributed by atoms with Gasteiger partial charge in [0.2, 0.25) is 0 Å². The fourth-order valence-electron chi connectivity index (χ4n) is 6.52. The van der Waals surface area contributed by atoms with Crippen LogP contribution in [0.4, 0.5) is 0 Å². The van der Waals surface area contributed by atoms with Crippen LogP contribution in [0, 0.1) is 16.7 Å². The number of nitrogens with two attached hydrogens (primary N) is 2. The summed E-state index contributed by atoms with van der Waals surface area (Å²) < 4.78 is 55.7. The standard InChI is InChI=1S/C19H24N2O6S2/c1-18-7-6-15-14-4-3-13(26-28(20,22)23)8-11(14)2-5-16(15)19(18)10-12(19)9-17(18)27-29(21,24)25/h3-4,8,12,17H,2,5-7,9-10H2,1H3,(H2,20,22,23)(H2,21,24,25)/t12-,17+,18-,19+/m1/s1. The van der Waals surface area contributed by atoms with Crippen LogP contribution in [0.15, 0.2) is 23.8 Å². The second kappa shape index (κ2) is 5.82. The molecule has 4 N–H and O–H groups in total. The molecular weight excluding hydrogens is 416 g/mol. The van der Waals surface area contributed by atoms with Gasteiger partial charge in [0.05, 0.1) is 6.10 Å². The maximum Gasteiger partial charge on any atom is 0.380 e. The van der Waals surface area contributed by atoms with Gasteiger partial charge in [0.1, 0.15) is 5.75 Å². The minimum atomic E-state index is -4.06. The van der Waals surface area contributed by atoms with Gasteiger partial charge < -0.3 is 4.18 Å². The summed E-state index contributed by atoms with van der Waals surface area (Å²) in [7, 11) is -8.05. The number of benzene rings is 1. The zero-order chi connectivity index (χ0) is 20.8. The summed E-state index contributed by atoms with van der Waals surface area (Å²) in [5.74, 6) is 0.650. The second-order valence-electron chi connectivity index (χ2n) is 8.96. The molecule has 10 heteroatoms. The normalized spacial score (nSPS) is 35.4. The van der Waals surface area contributed by atoms with Gasteiger partial charge in [-0.3, -0.25) is 4.18 Å². The van der Waals surface area contributed by atoms with Crippen molar-refractivity contribution in [3.8, 4) is 5.75 Å². The van der Waals surface area contributed by atoms with E-state index in [1.807, 2.05) is 6.07 Å². The Morgan fingerprint density at radius 3 is 2.52 bits per heavy atom. The van der Waals surface area contributed by atoms with E-state index in [4.69, 9.17) is 18.6 Å². The highest BCUT2D eigenvalue weighted by Gasteiger charge is 2.75. The Bertz CT molecular complexity index is 1160. The number of allylic oxidation sites excluding steroid dienone is 2. The molecule has 158 valence electrons. The molecule has 1 spiro atoms. The quantitative estimate of drug-likeness (QED) is 0.731. The Kier molecular flexibility index (Phi) is 3.91. The maximum atomic E-state index is 11.6. The van der Waals surface area contributed by atoms with Crippen LogP contribution in [-0.4, -0.2) is 22.9 Å². The fraction of sp³-hybridized carbons (Fsp3) is 0.579. The van der Waals surface area contributed by atoms with E-state index >= 15 is 0 Å². The van der Waals surface area contributed by atoms with Gasteiger partial charge in [-0.05, 0) is 73.3 Å². The van der Waals surface area contributed by atoms with Crippen molar-refractivity contribution in [3.63, 3.8) is 0 Å². The first kappa shape index (κ1) is 19.5. The minimum absolute atomic E-state index is 0.0105. The maximum absolute atomic E-state index is 11.6. The molecule has 8 nitrogen and oxygen atoms in total. The monoisotopic (exact) mass is 440 g/mol. The second-order valence-corrected chi connectivity index (χ2v) is 11.3. The SMILES string of the molecule is C[C@]12CCC3=C(CCc4cc(OS(N)(=O)=O)ccc43)[C@@]13C[C@H]3C[C@@H]2OS(N)(=O)=O. The van der Waals surface area contributed by atoms with Crippen LogP contribution in [-0.2, 0) is 31.2 Å². The van der Waals surface area contributed by atoms with Crippen LogP contribution >= 0.6 is 0 Å². The first-order valence-corrected chi connectivity index (χ1v) is 12.7. The van der Waals surface area contributed by atoms with Crippen molar-refractivity contribution >= 4 is 26.2 Å². The van der Waals surface area contributed by atoms with Gasteiger partial charge in [0.15, 0.2) is 0 Å². The summed E-state index contributed by atoms with van der Waals surface area (Å²) >= 11 is 0. The van der Waals surface area contributed by atoms with E-state index in [2.05, 4.69) is 6.92 Å². The van der Waals surface area contributed by atoms with E-state index < -0.39 is 20.6 Å². The third kappa shape index (κ3) is 2.88. The average Bonchev–Trinajstić information content (AvgIpc) is 3.24. The Morgan fingerprint density at radius 1 is 1.07 bits per heavy atom. The van der Waals surface area contributed by atoms with Crippen LogP contribution in [0.3, 0.4) is 0 Å². The molecule has 2 saturated carbocycles. The lowest BCUT2D eigenvalue weighted by Gasteiger charge is -2.47. The summed E-state index contributed by atoms with van der Waals surface area (Å²) in [6.07, 6.45) is 4.71. The molecule has 29 heavy (non-hydrogen) atoms. The zero-order valence-electron chi connectivity index (χ0n) is 16.1.